The average Bonchev–Trinajstić information content (AvgIpc) is 3.53. The molecule has 4 N–H and O–H groups in total. The Bertz CT molecular complexity index is 1150. The van der Waals surface area contributed by atoms with Crippen LogP contribution in [0.1, 0.15) is 74.0 Å². The number of aromatic nitrogens is 2. The molecule has 1 unspecified atom stereocenters. The topological polar surface area (TPSA) is 104 Å². The highest BCUT2D eigenvalue weighted by molar-refractivity contribution is 6.07. The van der Waals surface area contributed by atoms with Crippen LogP contribution in [0.4, 0.5) is 11.5 Å². The normalized spacial score (nSPS) is 17.7. The zero-order valence-corrected chi connectivity index (χ0v) is 18.9. The summed E-state index contributed by atoms with van der Waals surface area (Å²) in [6.07, 6.45) is 4.69. The maximum atomic E-state index is 13.5. The van der Waals surface area contributed by atoms with Crippen molar-refractivity contribution in [2.45, 2.75) is 65.1 Å². The molecule has 0 bridgehead atoms. The highest BCUT2D eigenvalue weighted by Crippen LogP contribution is 2.37. The number of nitrogens with two attached hydrogens (primary N) is 1. The third-order valence-corrected chi connectivity index (χ3v) is 6.31. The molecular formula is C25H31N5O2. The molecule has 3 aromatic rings. The number of Topliss-reactive ketones (excluding diaryl/α,β-unsaturated/α-hetero) is 1. The fourth-order valence-corrected chi connectivity index (χ4v) is 4.81. The first-order valence-electron chi connectivity index (χ1n) is 11.5. The van der Waals surface area contributed by atoms with E-state index in [1.165, 1.54) is 19.8 Å². The third kappa shape index (κ3) is 3.83. The average molecular weight is 434 g/mol. The van der Waals surface area contributed by atoms with Gasteiger partial charge in [-0.3, -0.25) is 14.7 Å². The quantitative estimate of drug-likeness (QED) is 0.512. The van der Waals surface area contributed by atoms with Crippen molar-refractivity contribution in [2.75, 3.05) is 11.1 Å². The Hall–Kier alpha value is -3.35. The van der Waals surface area contributed by atoms with Gasteiger partial charge in [0.05, 0.1) is 11.1 Å². The van der Waals surface area contributed by atoms with Crippen LogP contribution in [0.15, 0.2) is 36.4 Å². The van der Waals surface area contributed by atoms with Gasteiger partial charge in [0.15, 0.2) is 11.6 Å². The predicted molar refractivity (Wildman–Crippen MR) is 127 cm³/mol. The molecule has 2 aromatic carbocycles. The molecule has 0 spiro atoms. The number of ketones is 1. The van der Waals surface area contributed by atoms with Gasteiger partial charge in [0.25, 0.3) is 5.91 Å². The van der Waals surface area contributed by atoms with Crippen LogP contribution in [0.3, 0.4) is 0 Å². The summed E-state index contributed by atoms with van der Waals surface area (Å²) >= 11 is 0. The molecule has 2 heterocycles. The van der Waals surface area contributed by atoms with Gasteiger partial charge in [-0.05, 0) is 43.0 Å². The van der Waals surface area contributed by atoms with E-state index in [2.05, 4.69) is 15.5 Å². The van der Waals surface area contributed by atoms with Crippen LogP contribution >= 0.6 is 0 Å². The lowest BCUT2D eigenvalue weighted by Gasteiger charge is -2.24. The van der Waals surface area contributed by atoms with Crippen LogP contribution < -0.4 is 11.1 Å². The summed E-state index contributed by atoms with van der Waals surface area (Å²) in [5, 5.41) is 11.8. The number of hydrogen-bond donors (Lipinski definition) is 3. The van der Waals surface area contributed by atoms with Crippen LogP contribution in [-0.2, 0) is 11.3 Å². The first-order chi connectivity index (χ1) is 15.5. The van der Waals surface area contributed by atoms with Crippen LogP contribution in [0, 0.1) is 0 Å². The van der Waals surface area contributed by atoms with Crippen molar-refractivity contribution in [3.8, 4) is 0 Å². The van der Waals surface area contributed by atoms with Gasteiger partial charge in [0.1, 0.15) is 6.04 Å². The van der Waals surface area contributed by atoms with E-state index in [0.717, 1.165) is 40.7 Å². The Morgan fingerprint density at radius 3 is 2.59 bits per heavy atom. The Balaban J connectivity index is 0.00000119. The highest BCUT2D eigenvalue weighted by Gasteiger charge is 2.37. The minimum atomic E-state index is -0.579. The zero-order chi connectivity index (χ0) is 22.8. The molecule has 1 aliphatic heterocycles. The Kier molecular flexibility index (Phi) is 6.17. The lowest BCUT2D eigenvalue weighted by Crippen LogP contribution is -2.33. The minimum absolute atomic E-state index is 0.0557. The molecule has 1 fully saturated rings. The van der Waals surface area contributed by atoms with Crippen molar-refractivity contribution in [1.82, 2.24) is 15.1 Å². The standard InChI is InChI=1S/C23H25N5O2.C2H6/c1-13(29)21-16-9-5-2-6-14(16)12-28(21)23(30)17-10-18-20(11-19(17)24)26-27-22(18)25-15-7-3-4-8-15;1-2/h2,5-6,9-11,15,21H,3-4,7-8,12,24H2,1H3,(H2,25,26,27);1-2H3. The van der Waals surface area contributed by atoms with E-state index in [-0.39, 0.29) is 11.7 Å². The van der Waals surface area contributed by atoms with Gasteiger partial charge in [-0.1, -0.05) is 51.0 Å². The van der Waals surface area contributed by atoms with Gasteiger partial charge in [-0.2, -0.15) is 5.10 Å². The molecule has 1 saturated carbocycles. The van der Waals surface area contributed by atoms with E-state index in [1.807, 2.05) is 38.1 Å². The number of benzene rings is 2. The van der Waals surface area contributed by atoms with E-state index >= 15 is 0 Å². The number of nitrogen functional groups attached to an aromatic ring is 1. The number of amides is 1. The number of carbonyl (C=O) groups is 2. The number of rotatable bonds is 4. The van der Waals surface area contributed by atoms with Crippen LogP contribution in [-0.4, -0.2) is 32.8 Å². The molecule has 1 amide bonds. The molecule has 5 rings (SSSR count). The van der Waals surface area contributed by atoms with Crippen LogP contribution in [0.2, 0.25) is 0 Å². The van der Waals surface area contributed by atoms with Gasteiger partial charge < -0.3 is 16.0 Å². The zero-order valence-electron chi connectivity index (χ0n) is 18.9. The summed E-state index contributed by atoms with van der Waals surface area (Å²) in [6, 6.07) is 11.1. The Morgan fingerprint density at radius 2 is 1.88 bits per heavy atom. The molecule has 1 aliphatic carbocycles. The Morgan fingerprint density at radius 1 is 1.16 bits per heavy atom. The number of aromatic amines is 1. The second-order valence-corrected chi connectivity index (χ2v) is 8.33. The lowest BCUT2D eigenvalue weighted by molar-refractivity contribution is -0.121. The third-order valence-electron chi connectivity index (χ3n) is 6.31. The van der Waals surface area contributed by atoms with E-state index in [1.54, 1.807) is 17.0 Å². The van der Waals surface area contributed by atoms with Crippen molar-refractivity contribution in [2.24, 2.45) is 0 Å². The molecule has 2 aliphatic rings. The van der Waals surface area contributed by atoms with Crippen LogP contribution in [0.25, 0.3) is 10.9 Å². The van der Waals surface area contributed by atoms with Crippen molar-refractivity contribution < 1.29 is 9.59 Å². The maximum absolute atomic E-state index is 13.5. The molecule has 1 atom stereocenters. The largest absolute Gasteiger partial charge is 0.398 e. The summed E-state index contributed by atoms with van der Waals surface area (Å²) in [5.41, 5.74) is 9.71. The molecule has 32 heavy (non-hydrogen) atoms. The molecule has 7 heteroatoms. The second-order valence-electron chi connectivity index (χ2n) is 8.33. The molecule has 7 nitrogen and oxygen atoms in total. The van der Waals surface area contributed by atoms with Crippen LogP contribution in [0.5, 0.6) is 0 Å². The monoisotopic (exact) mass is 433 g/mol. The number of nitrogens with zero attached hydrogens (tertiary/aromatic N) is 2. The van der Waals surface area contributed by atoms with E-state index in [4.69, 9.17) is 5.73 Å². The number of H-pyrrole nitrogens is 1. The predicted octanol–water partition coefficient (Wildman–Crippen LogP) is 4.81. The fourth-order valence-electron chi connectivity index (χ4n) is 4.81. The van der Waals surface area contributed by atoms with E-state index in [0.29, 0.717) is 23.8 Å². The summed E-state index contributed by atoms with van der Waals surface area (Å²) < 4.78 is 0. The summed E-state index contributed by atoms with van der Waals surface area (Å²) in [7, 11) is 0. The first kappa shape index (κ1) is 21.9. The summed E-state index contributed by atoms with van der Waals surface area (Å²) in [6.45, 7) is 5.93. The first-order valence-corrected chi connectivity index (χ1v) is 11.5. The van der Waals surface area contributed by atoms with Crippen molar-refractivity contribution in [3.05, 3.63) is 53.1 Å². The SMILES string of the molecule is CC.CC(=O)C1c2ccccc2CN1C(=O)c1cc2c(NC3CCCC3)n[nH]c2cc1N. The van der Waals surface area contributed by atoms with E-state index < -0.39 is 6.04 Å². The van der Waals surface area contributed by atoms with Gasteiger partial charge in [0, 0.05) is 23.7 Å². The molecule has 1 aromatic heterocycles. The summed E-state index contributed by atoms with van der Waals surface area (Å²) in [5.74, 6) is 0.456. The van der Waals surface area contributed by atoms with Gasteiger partial charge >= 0.3 is 0 Å². The molecule has 168 valence electrons. The van der Waals surface area contributed by atoms with Crippen molar-refractivity contribution in [3.63, 3.8) is 0 Å². The maximum Gasteiger partial charge on any atom is 0.257 e. The number of nitrogens with one attached hydrogen (secondary N) is 2. The number of carbonyl (C=O) groups excluding carboxylic acids is 2. The molecule has 0 radical (unpaired) electrons. The smallest absolute Gasteiger partial charge is 0.257 e. The molecule has 0 saturated heterocycles. The van der Waals surface area contributed by atoms with Crippen molar-refractivity contribution >= 4 is 34.1 Å². The second kappa shape index (κ2) is 9.02. The Labute approximate surface area is 188 Å². The highest BCUT2D eigenvalue weighted by atomic mass is 16.2. The number of hydrogen-bond acceptors (Lipinski definition) is 5. The number of fused-ring (bicyclic) bond motifs is 2. The van der Waals surface area contributed by atoms with Gasteiger partial charge in [0.2, 0.25) is 0 Å². The number of anilines is 2. The van der Waals surface area contributed by atoms with Gasteiger partial charge in [-0.15, -0.1) is 0 Å². The lowest BCUT2D eigenvalue weighted by atomic mass is 10.0. The minimum Gasteiger partial charge on any atom is -0.398 e. The van der Waals surface area contributed by atoms with E-state index in [9.17, 15) is 9.59 Å². The van der Waals surface area contributed by atoms with Gasteiger partial charge in [-0.25, -0.2) is 0 Å². The molecular weight excluding hydrogens is 402 g/mol. The summed E-state index contributed by atoms with van der Waals surface area (Å²) in [4.78, 5) is 27.5. The fraction of sp³-hybridized carbons (Fsp3) is 0.400. The van der Waals surface area contributed by atoms with Crippen molar-refractivity contribution in [1.29, 1.82) is 0 Å².